The smallest absolute Gasteiger partial charge is 0.360 e. The Morgan fingerprint density at radius 3 is 2.50 bits per heavy atom. The van der Waals surface area contributed by atoms with Crippen LogP contribution in [0.5, 0.6) is 11.5 Å². The van der Waals surface area contributed by atoms with Crippen LogP contribution in [0.2, 0.25) is 0 Å². The summed E-state index contributed by atoms with van der Waals surface area (Å²) in [4.78, 5) is 33.6. The van der Waals surface area contributed by atoms with Gasteiger partial charge in [0.1, 0.15) is 5.75 Å². The number of benzene rings is 2. The molecule has 0 aliphatic carbocycles. The van der Waals surface area contributed by atoms with Gasteiger partial charge in [-0.25, -0.2) is 9.59 Å². The Bertz CT molecular complexity index is 1000. The quantitative estimate of drug-likeness (QED) is 0.0848. The number of ether oxygens (including phenoxy) is 2. The minimum absolute atomic E-state index is 0.0539. The molecule has 0 spiro atoms. The fourth-order valence-electron chi connectivity index (χ4n) is 3.33. The predicted octanol–water partition coefficient (Wildman–Crippen LogP) is 4.76. The number of aliphatic hydroxyl groups is 2. The Balaban J connectivity index is 2.19. The molecule has 8 heteroatoms. The molecule has 1 unspecified atom stereocenters. The van der Waals surface area contributed by atoms with E-state index >= 15 is 0 Å². The lowest BCUT2D eigenvalue weighted by Crippen LogP contribution is -2.19. The summed E-state index contributed by atoms with van der Waals surface area (Å²) in [6.07, 6.45) is 6.63. The highest BCUT2D eigenvalue weighted by Gasteiger charge is 2.16. The highest BCUT2D eigenvalue weighted by atomic mass is 17.2. The van der Waals surface area contributed by atoms with Crippen molar-refractivity contribution in [3.63, 3.8) is 0 Å². The molecule has 0 amide bonds. The van der Waals surface area contributed by atoms with Crippen molar-refractivity contribution in [2.75, 3.05) is 20.0 Å². The molecule has 1 atom stereocenters. The summed E-state index contributed by atoms with van der Waals surface area (Å²) in [6.45, 7) is 6.00. The molecular formula is C28H36O8. The molecule has 2 rings (SSSR count). The van der Waals surface area contributed by atoms with Gasteiger partial charge in [-0.3, -0.25) is 9.78 Å². The molecule has 36 heavy (non-hydrogen) atoms. The standard InChI is InChI=1S/C28H36O8/c1-4-5-6-7-8-10-22-13-14-25(35-36-28(32)21(3)18-30)16-26(22)23-11-9-12-24(15-23)33-19-34-27(31)20(2)17-29/h9,11-16,21,29-30H,2,4-8,10,17-19H2,1,3H3. The van der Waals surface area contributed by atoms with E-state index in [0.717, 1.165) is 36.0 Å². The molecule has 0 bridgehead atoms. The molecule has 0 saturated carbocycles. The average Bonchev–Trinajstić information content (AvgIpc) is 2.91. The number of aryl methyl sites for hydroxylation is 1. The molecule has 0 saturated heterocycles. The lowest BCUT2D eigenvalue weighted by Gasteiger charge is -2.14. The van der Waals surface area contributed by atoms with E-state index in [4.69, 9.17) is 29.5 Å². The summed E-state index contributed by atoms with van der Waals surface area (Å²) in [5, 5.41) is 18.1. The topological polar surface area (TPSA) is 112 Å². The SMILES string of the molecule is C=C(CO)C(=O)OCOc1cccc(-c2cc(OOC(=O)C(C)CO)ccc2CCCCCCC)c1. The maximum atomic E-state index is 11.9. The van der Waals surface area contributed by atoms with E-state index in [0.29, 0.717) is 11.5 Å². The summed E-state index contributed by atoms with van der Waals surface area (Å²) in [5.41, 5.74) is 2.80. The number of aliphatic hydroxyl groups excluding tert-OH is 2. The van der Waals surface area contributed by atoms with Gasteiger partial charge in [-0.1, -0.05) is 57.4 Å². The molecular weight excluding hydrogens is 464 g/mol. The Kier molecular flexibility index (Phi) is 12.5. The maximum Gasteiger partial charge on any atom is 0.360 e. The number of hydrogen-bond donors (Lipinski definition) is 2. The molecule has 196 valence electrons. The first-order valence-corrected chi connectivity index (χ1v) is 12.2. The second-order valence-corrected chi connectivity index (χ2v) is 8.54. The van der Waals surface area contributed by atoms with Crippen LogP contribution in [0, 0.1) is 5.92 Å². The third kappa shape index (κ3) is 9.36. The van der Waals surface area contributed by atoms with Crippen LogP contribution in [-0.2, 0) is 25.6 Å². The highest BCUT2D eigenvalue weighted by Crippen LogP contribution is 2.32. The summed E-state index contributed by atoms with van der Waals surface area (Å²) in [7, 11) is 0. The van der Waals surface area contributed by atoms with Gasteiger partial charge in [-0.05, 0) is 60.7 Å². The van der Waals surface area contributed by atoms with Crippen molar-refractivity contribution in [3.05, 3.63) is 60.2 Å². The largest absolute Gasteiger partial charge is 0.457 e. The lowest BCUT2D eigenvalue weighted by atomic mass is 9.95. The number of carbonyl (C=O) groups excluding carboxylic acids is 2. The molecule has 0 fully saturated rings. The van der Waals surface area contributed by atoms with E-state index in [1.165, 1.54) is 19.3 Å². The molecule has 2 aromatic rings. The number of hydrogen-bond acceptors (Lipinski definition) is 8. The fourth-order valence-corrected chi connectivity index (χ4v) is 3.33. The van der Waals surface area contributed by atoms with Crippen molar-refractivity contribution in [3.8, 4) is 22.6 Å². The Morgan fingerprint density at radius 1 is 1.00 bits per heavy atom. The van der Waals surface area contributed by atoms with E-state index in [1.807, 2.05) is 24.3 Å². The van der Waals surface area contributed by atoms with Crippen molar-refractivity contribution in [1.29, 1.82) is 0 Å². The highest BCUT2D eigenvalue weighted by molar-refractivity contribution is 5.87. The van der Waals surface area contributed by atoms with Crippen LogP contribution in [0.1, 0.15) is 51.5 Å². The Hall–Kier alpha value is -3.36. The van der Waals surface area contributed by atoms with Gasteiger partial charge in [0.15, 0.2) is 5.75 Å². The third-order valence-corrected chi connectivity index (χ3v) is 5.57. The van der Waals surface area contributed by atoms with Crippen LogP contribution in [0.15, 0.2) is 54.6 Å². The van der Waals surface area contributed by atoms with Crippen molar-refractivity contribution in [1.82, 2.24) is 0 Å². The first-order chi connectivity index (χ1) is 17.4. The monoisotopic (exact) mass is 500 g/mol. The van der Waals surface area contributed by atoms with Crippen LogP contribution >= 0.6 is 0 Å². The molecule has 0 heterocycles. The Labute approximate surface area is 212 Å². The second kappa shape index (κ2) is 15.6. The van der Waals surface area contributed by atoms with Crippen molar-refractivity contribution in [2.45, 2.75) is 52.4 Å². The van der Waals surface area contributed by atoms with E-state index < -0.39 is 24.5 Å². The molecule has 2 aromatic carbocycles. The number of carbonyl (C=O) groups is 2. The zero-order chi connectivity index (χ0) is 26.3. The zero-order valence-electron chi connectivity index (χ0n) is 21.0. The maximum absolute atomic E-state index is 11.9. The lowest BCUT2D eigenvalue weighted by molar-refractivity contribution is -0.219. The molecule has 0 aromatic heterocycles. The zero-order valence-corrected chi connectivity index (χ0v) is 21.0. The van der Waals surface area contributed by atoms with Gasteiger partial charge in [0.2, 0.25) is 6.79 Å². The predicted molar refractivity (Wildman–Crippen MR) is 135 cm³/mol. The molecule has 2 N–H and O–H groups in total. The van der Waals surface area contributed by atoms with Gasteiger partial charge in [0, 0.05) is 0 Å². The van der Waals surface area contributed by atoms with Crippen LogP contribution < -0.4 is 9.62 Å². The van der Waals surface area contributed by atoms with Crippen LogP contribution in [0.4, 0.5) is 0 Å². The van der Waals surface area contributed by atoms with Gasteiger partial charge in [0.05, 0.1) is 24.7 Å². The van der Waals surface area contributed by atoms with Crippen LogP contribution in [0.25, 0.3) is 11.1 Å². The number of unbranched alkanes of at least 4 members (excludes halogenated alkanes) is 4. The summed E-state index contributed by atoms with van der Waals surface area (Å²) < 4.78 is 10.5. The van der Waals surface area contributed by atoms with Crippen LogP contribution in [-0.4, -0.2) is 42.2 Å². The molecule has 0 aliphatic heterocycles. The van der Waals surface area contributed by atoms with Crippen molar-refractivity contribution in [2.24, 2.45) is 5.92 Å². The van der Waals surface area contributed by atoms with Gasteiger partial charge in [-0.15, -0.1) is 0 Å². The minimum Gasteiger partial charge on any atom is -0.457 e. The van der Waals surface area contributed by atoms with Gasteiger partial charge >= 0.3 is 11.9 Å². The van der Waals surface area contributed by atoms with E-state index in [1.54, 1.807) is 25.1 Å². The fraction of sp³-hybridized carbons (Fsp3) is 0.429. The molecule has 0 radical (unpaired) electrons. The summed E-state index contributed by atoms with van der Waals surface area (Å²) in [6, 6.07) is 12.8. The van der Waals surface area contributed by atoms with Crippen molar-refractivity contribution < 1.29 is 39.1 Å². The van der Waals surface area contributed by atoms with E-state index in [9.17, 15) is 9.59 Å². The Morgan fingerprint density at radius 2 is 1.78 bits per heavy atom. The molecule has 8 nitrogen and oxygen atoms in total. The van der Waals surface area contributed by atoms with E-state index in [-0.39, 0.29) is 19.0 Å². The minimum atomic E-state index is -0.728. The van der Waals surface area contributed by atoms with Gasteiger partial charge in [0.25, 0.3) is 0 Å². The van der Waals surface area contributed by atoms with Gasteiger partial charge in [-0.2, -0.15) is 0 Å². The average molecular weight is 501 g/mol. The van der Waals surface area contributed by atoms with Crippen molar-refractivity contribution >= 4 is 11.9 Å². The second-order valence-electron chi connectivity index (χ2n) is 8.54. The summed E-state index contributed by atoms with van der Waals surface area (Å²) >= 11 is 0. The summed E-state index contributed by atoms with van der Waals surface area (Å²) in [5.74, 6) is -1.24. The third-order valence-electron chi connectivity index (χ3n) is 5.57. The first kappa shape index (κ1) is 28.9. The normalized spacial score (nSPS) is 11.4. The number of esters is 1. The van der Waals surface area contributed by atoms with E-state index in [2.05, 4.69) is 13.5 Å². The number of rotatable bonds is 16. The van der Waals surface area contributed by atoms with Gasteiger partial charge < -0.3 is 19.7 Å². The molecule has 0 aliphatic rings. The van der Waals surface area contributed by atoms with Crippen LogP contribution in [0.3, 0.4) is 0 Å². The first-order valence-electron chi connectivity index (χ1n) is 12.2.